The van der Waals surface area contributed by atoms with E-state index >= 15 is 0 Å². The number of nitrogens with zero attached hydrogens (tertiary/aromatic N) is 1. The van der Waals surface area contributed by atoms with Crippen LogP contribution in [0.1, 0.15) is 15.9 Å². The van der Waals surface area contributed by atoms with Crippen LogP contribution < -0.4 is 15.0 Å². The maximum atomic E-state index is 14.7. The van der Waals surface area contributed by atoms with E-state index in [9.17, 15) is 17.6 Å². The first-order valence-electron chi connectivity index (χ1n) is 10.2. The fourth-order valence-electron chi connectivity index (χ4n) is 3.05. The van der Waals surface area contributed by atoms with Gasteiger partial charge < -0.3 is 9.64 Å². The van der Waals surface area contributed by atoms with Gasteiger partial charge in [-0.15, -0.1) is 4.83 Å². The van der Waals surface area contributed by atoms with E-state index in [0.29, 0.717) is 17.9 Å². The van der Waals surface area contributed by atoms with Crippen LogP contribution in [-0.4, -0.2) is 46.5 Å². The van der Waals surface area contributed by atoms with Gasteiger partial charge >= 0.3 is 0 Å². The van der Waals surface area contributed by atoms with E-state index in [4.69, 9.17) is 4.74 Å². The smallest absolute Gasteiger partial charge is 0.269 e. The number of sulfonamides is 1. The van der Waals surface area contributed by atoms with Crippen molar-refractivity contribution in [3.05, 3.63) is 83.7 Å². The lowest BCUT2D eigenvalue weighted by atomic mass is 9.99. The van der Waals surface area contributed by atoms with Gasteiger partial charge in [-0.05, 0) is 74.1 Å². The monoisotopic (exact) mass is 471 g/mol. The number of halogens is 1. The number of amides is 1. The van der Waals surface area contributed by atoms with Gasteiger partial charge in [0.2, 0.25) is 0 Å². The first kappa shape index (κ1) is 24.4. The van der Waals surface area contributed by atoms with E-state index in [-0.39, 0.29) is 16.0 Å². The molecule has 0 aliphatic carbocycles. The number of carbonyl (C=O) groups is 1. The van der Waals surface area contributed by atoms with Crippen molar-refractivity contribution in [2.24, 2.45) is 0 Å². The summed E-state index contributed by atoms with van der Waals surface area (Å²) >= 11 is 0. The van der Waals surface area contributed by atoms with Crippen LogP contribution in [-0.2, 0) is 10.0 Å². The van der Waals surface area contributed by atoms with Crippen LogP contribution in [0.4, 0.5) is 4.39 Å². The standard InChI is InChI=1S/C24H26FN3O4S/c1-17-14-19(18-8-7-9-20(15-18)32-13-12-28(2)3)16-22(23(17)25)24(29)26-27-33(30,31)21-10-5-4-6-11-21/h4-11,14-16,27H,12-13H2,1-3H3,(H,26,29). The number of hydrogen-bond acceptors (Lipinski definition) is 5. The molecule has 0 radical (unpaired) electrons. The first-order valence-corrected chi connectivity index (χ1v) is 11.7. The maximum absolute atomic E-state index is 14.7. The van der Waals surface area contributed by atoms with Gasteiger partial charge in [0.05, 0.1) is 10.5 Å². The second-order valence-corrected chi connectivity index (χ2v) is 9.39. The predicted molar refractivity (Wildman–Crippen MR) is 125 cm³/mol. The number of carbonyl (C=O) groups excluding carboxylic acids is 1. The summed E-state index contributed by atoms with van der Waals surface area (Å²) in [5, 5.41) is 0. The molecular formula is C24H26FN3O4S. The van der Waals surface area contributed by atoms with Crippen LogP contribution in [0.2, 0.25) is 0 Å². The Balaban J connectivity index is 1.81. The molecule has 0 aliphatic rings. The summed E-state index contributed by atoms with van der Waals surface area (Å²) in [5.74, 6) is -0.984. The normalized spacial score (nSPS) is 11.4. The third-order valence-electron chi connectivity index (χ3n) is 4.83. The Morgan fingerprint density at radius 1 is 1.00 bits per heavy atom. The second kappa shape index (κ2) is 10.6. The van der Waals surface area contributed by atoms with Crippen molar-refractivity contribution in [2.45, 2.75) is 11.8 Å². The molecule has 7 nitrogen and oxygen atoms in total. The molecule has 0 unspecified atom stereocenters. The van der Waals surface area contributed by atoms with E-state index < -0.39 is 21.7 Å². The minimum atomic E-state index is -3.99. The summed E-state index contributed by atoms with van der Waals surface area (Å²) in [6.07, 6.45) is 0. The van der Waals surface area contributed by atoms with E-state index in [1.165, 1.54) is 18.2 Å². The number of aryl methyl sites for hydroxylation is 1. The molecule has 0 saturated heterocycles. The van der Waals surface area contributed by atoms with Gasteiger partial charge in [0.25, 0.3) is 15.9 Å². The minimum absolute atomic E-state index is 0.0261. The van der Waals surface area contributed by atoms with Gasteiger partial charge in [-0.2, -0.15) is 0 Å². The van der Waals surface area contributed by atoms with Gasteiger partial charge in [-0.1, -0.05) is 30.3 Å². The number of hydrogen-bond donors (Lipinski definition) is 2. The highest BCUT2D eigenvalue weighted by atomic mass is 32.2. The molecule has 0 fully saturated rings. The summed E-state index contributed by atoms with van der Waals surface area (Å²) < 4.78 is 45.2. The number of likely N-dealkylation sites (N-methyl/N-ethyl adjacent to an activating group) is 1. The van der Waals surface area contributed by atoms with Crippen LogP contribution in [0, 0.1) is 12.7 Å². The summed E-state index contributed by atoms with van der Waals surface area (Å²) in [5.41, 5.74) is 3.40. The molecule has 0 aromatic heterocycles. The Morgan fingerprint density at radius 3 is 2.42 bits per heavy atom. The van der Waals surface area contributed by atoms with Gasteiger partial charge in [0, 0.05) is 6.54 Å². The number of ether oxygens (including phenoxy) is 1. The van der Waals surface area contributed by atoms with E-state index in [2.05, 4.69) is 5.43 Å². The average Bonchev–Trinajstić information content (AvgIpc) is 2.80. The maximum Gasteiger partial charge on any atom is 0.269 e. The largest absolute Gasteiger partial charge is 0.492 e. The Morgan fingerprint density at radius 2 is 1.73 bits per heavy atom. The van der Waals surface area contributed by atoms with Gasteiger partial charge in [0.15, 0.2) is 0 Å². The van der Waals surface area contributed by atoms with E-state index in [1.807, 2.05) is 48.1 Å². The fourth-order valence-corrected chi connectivity index (χ4v) is 3.91. The van der Waals surface area contributed by atoms with E-state index in [0.717, 1.165) is 12.1 Å². The predicted octanol–water partition coefficient (Wildman–Crippen LogP) is 3.36. The average molecular weight is 472 g/mol. The van der Waals surface area contributed by atoms with Crippen LogP contribution in [0.25, 0.3) is 11.1 Å². The highest BCUT2D eigenvalue weighted by Gasteiger charge is 2.19. The summed E-state index contributed by atoms with van der Waals surface area (Å²) in [6, 6.07) is 17.8. The molecule has 9 heteroatoms. The summed E-state index contributed by atoms with van der Waals surface area (Å²) in [4.78, 5) is 16.6. The molecule has 0 aliphatic heterocycles. The Hall–Kier alpha value is -3.27. The fraction of sp³-hybridized carbons (Fsp3) is 0.208. The van der Waals surface area contributed by atoms with Crippen molar-refractivity contribution in [1.82, 2.24) is 15.2 Å². The molecule has 0 heterocycles. The van der Waals surface area contributed by atoms with Crippen LogP contribution >= 0.6 is 0 Å². The zero-order valence-corrected chi connectivity index (χ0v) is 19.4. The molecule has 2 N–H and O–H groups in total. The molecule has 3 rings (SSSR count). The highest BCUT2D eigenvalue weighted by molar-refractivity contribution is 7.89. The van der Waals surface area contributed by atoms with Crippen molar-refractivity contribution in [3.63, 3.8) is 0 Å². The zero-order chi connectivity index (χ0) is 24.0. The zero-order valence-electron chi connectivity index (χ0n) is 18.6. The Kier molecular flexibility index (Phi) is 7.80. The van der Waals surface area contributed by atoms with Gasteiger partial charge in [-0.25, -0.2) is 12.8 Å². The van der Waals surface area contributed by atoms with Crippen molar-refractivity contribution in [1.29, 1.82) is 0 Å². The lowest BCUT2D eigenvalue weighted by Crippen LogP contribution is -2.41. The van der Waals surface area contributed by atoms with E-state index in [1.54, 1.807) is 31.2 Å². The molecular weight excluding hydrogens is 445 g/mol. The van der Waals surface area contributed by atoms with Gasteiger partial charge in [0.1, 0.15) is 18.2 Å². The van der Waals surface area contributed by atoms with Crippen LogP contribution in [0.15, 0.2) is 71.6 Å². The van der Waals surface area contributed by atoms with Crippen LogP contribution in [0.5, 0.6) is 5.75 Å². The topological polar surface area (TPSA) is 87.7 Å². The third kappa shape index (κ3) is 6.38. The highest BCUT2D eigenvalue weighted by Crippen LogP contribution is 2.27. The summed E-state index contributed by atoms with van der Waals surface area (Å²) in [7, 11) is -0.0897. The quantitative estimate of drug-likeness (QED) is 0.468. The molecule has 0 saturated carbocycles. The molecule has 33 heavy (non-hydrogen) atoms. The first-order chi connectivity index (χ1) is 15.7. The van der Waals surface area contributed by atoms with Crippen molar-refractivity contribution >= 4 is 15.9 Å². The number of nitrogens with one attached hydrogen (secondary N) is 2. The molecule has 1 amide bonds. The lowest BCUT2D eigenvalue weighted by molar-refractivity contribution is 0.0941. The Labute approximate surface area is 193 Å². The lowest BCUT2D eigenvalue weighted by Gasteiger charge is -2.13. The van der Waals surface area contributed by atoms with Crippen molar-refractivity contribution in [3.8, 4) is 16.9 Å². The number of benzene rings is 3. The molecule has 0 bridgehead atoms. The van der Waals surface area contributed by atoms with Crippen LogP contribution in [0.3, 0.4) is 0 Å². The second-order valence-electron chi connectivity index (χ2n) is 7.71. The Bertz CT molecular complexity index is 1230. The molecule has 3 aromatic rings. The van der Waals surface area contributed by atoms with Crippen molar-refractivity contribution < 1.29 is 22.3 Å². The molecule has 174 valence electrons. The SMILES string of the molecule is Cc1cc(-c2cccc(OCCN(C)C)c2)cc(C(=O)NNS(=O)(=O)c2ccccc2)c1F. The minimum Gasteiger partial charge on any atom is -0.492 e. The molecule has 0 spiro atoms. The number of hydrazine groups is 1. The number of rotatable bonds is 9. The third-order valence-corrected chi connectivity index (χ3v) is 6.09. The summed E-state index contributed by atoms with van der Waals surface area (Å²) in [6.45, 7) is 2.80. The van der Waals surface area contributed by atoms with Crippen molar-refractivity contribution in [2.75, 3.05) is 27.2 Å². The molecule has 0 atom stereocenters. The van der Waals surface area contributed by atoms with Gasteiger partial charge in [-0.3, -0.25) is 10.2 Å². The molecule has 3 aromatic carbocycles.